The molecule has 0 bridgehead atoms. The van der Waals surface area contributed by atoms with Crippen LogP contribution in [0.2, 0.25) is 0 Å². The first-order chi connectivity index (χ1) is 15.5. The second-order valence-corrected chi connectivity index (χ2v) is 10.3. The molecule has 7 heteroatoms. The molecule has 2 aromatic rings. The van der Waals surface area contributed by atoms with Crippen LogP contribution in [0.15, 0.2) is 55.3 Å². The Hall–Kier alpha value is -1.17. The Morgan fingerprint density at radius 2 is 1.00 bits per heavy atom. The van der Waals surface area contributed by atoms with Crippen LogP contribution in [0.3, 0.4) is 0 Å². The van der Waals surface area contributed by atoms with E-state index in [9.17, 15) is 10.2 Å². The van der Waals surface area contributed by atoms with Crippen molar-refractivity contribution < 1.29 is 26.7 Å². The van der Waals surface area contributed by atoms with Gasteiger partial charge in [-0.15, -0.1) is 0 Å². The predicted octanol–water partition coefficient (Wildman–Crippen LogP) is 6.55. The molecule has 0 radical (unpaired) electrons. The van der Waals surface area contributed by atoms with E-state index >= 15 is 0 Å². The van der Waals surface area contributed by atoms with E-state index < -0.39 is 0 Å². The summed E-state index contributed by atoms with van der Waals surface area (Å²) >= 11 is 6.72. The molecule has 4 rings (SSSR count). The maximum Gasteiger partial charge on any atom is 2.00 e. The summed E-state index contributed by atoms with van der Waals surface area (Å²) in [7, 11) is 0. The van der Waals surface area contributed by atoms with Gasteiger partial charge in [-0.3, -0.25) is 9.98 Å². The van der Waals surface area contributed by atoms with Gasteiger partial charge in [0.05, 0.1) is 0 Å². The Morgan fingerprint density at radius 1 is 0.636 bits per heavy atom. The summed E-state index contributed by atoms with van der Waals surface area (Å²) in [5.41, 5.74) is 1.36. The molecule has 2 fully saturated rings. The smallest absolute Gasteiger partial charge is 0.872 e. The zero-order valence-electron chi connectivity index (χ0n) is 18.6. The Kier molecular flexibility index (Phi) is 12.7. The second-order valence-electron chi connectivity index (χ2n) is 8.50. The second kappa shape index (κ2) is 15.0. The van der Waals surface area contributed by atoms with E-state index in [-0.39, 0.29) is 28.0 Å². The monoisotopic (exact) mass is 618 g/mol. The van der Waals surface area contributed by atoms with E-state index in [0.717, 1.165) is 8.95 Å². The van der Waals surface area contributed by atoms with E-state index in [2.05, 4.69) is 41.8 Å². The number of rotatable bonds is 4. The van der Waals surface area contributed by atoms with Crippen molar-refractivity contribution in [2.24, 2.45) is 9.98 Å². The summed E-state index contributed by atoms with van der Waals surface area (Å²) in [4.78, 5) is 9.02. The van der Waals surface area contributed by atoms with E-state index in [1.165, 1.54) is 64.2 Å². The van der Waals surface area contributed by atoms with Crippen LogP contribution in [0.1, 0.15) is 75.3 Å². The molecule has 0 aromatic heterocycles. The zero-order valence-corrected chi connectivity index (χ0v) is 22.8. The Morgan fingerprint density at radius 3 is 1.36 bits per heavy atom. The van der Waals surface area contributed by atoms with Gasteiger partial charge in [0, 0.05) is 33.5 Å². The van der Waals surface area contributed by atoms with E-state index in [1.807, 2.05) is 12.1 Å². The summed E-state index contributed by atoms with van der Waals surface area (Å²) in [6.45, 7) is 0. The predicted molar refractivity (Wildman–Crippen MR) is 136 cm³/mol. The van der Waals surface area contributed by atoms with Gasteiger partial charge in [-0.25, -0.2) is 0 Å². The van der Waals surface area contributed by atoms with Crippen LogP contribution in [0.4, 0.5) is 0 Å². The van der Waals surface area contributed by atoms with Crippen molar-refractivity contribution in [1.29, 1.82) is 0 Å². The normalized spacial score (nSPS) is 17.5. The molecule has 0 spiro atoms. The molecule has 2 aliphatic rings. The van der Waals surface area contributed by atoms with Crippen molar-refractivity contribution in [3.8, 4) is 11.5 Å². The van der Waals surface area contributed by atoms with Crippen molar-refractivity contribution >= 4 is 44.3 Å². The zero-order chi connectivity index (χ0) is 22.8. The first-order valence-corrected chi connectivity index (χ1v) is 13.1. The maximum absolute atomic E-state index is 11.5. The van der Waals surface area contributed by atoms with Crippen LogP contribution >= 0.6 is 31.9 Å². The Labute approximate surface area is 224 Å². The molecular formula is C26H30Br2N2NiO2. The average Bonchev–Trinajstić information content (AvgIpc) is 2.82. The quantitative estimate of drug-likeness (QED) is 0.287. The molecule has 0 N–H and O–H groups in total. The van der Waals surface area contributed by atoms with Crippen LogP contribution in [-0.2, 0) is 16.5 Å². The van der Waals surface area contributed by atoms with Crippen LogP contribution in [0.5, 0.6) is 11.5 Å². The minimum atomic E-state index is 0. The summed E-state index contributed by atoms with van der Waals surface area (Å²) in [6, 6.07) is 11.2. The van der Waals surface area contributed by atoms with E-state index in [0.29, 0.717) is 23.2 Å². The molecule has 0 atom stereocenters. The van der Waals surface area contributed by atoms with Crippen molar-refractivity contribution in [2.45, 2.75) is 76.3 Å². The summed E-state index contributed by atoms with van der Waals surface area (Å²) < 4.78 is 1.86. The summed E-state index contributed by atoms with van der Waals surface area (Å²) in [5.74, 6) is 0.0884. The van der Waals surface area contributed by atoms with Crippen molar-refractivity contribution in [3.05, 3.63) is 56.5 Å². The van der Waals surface area contributed by atoms with Gasteiger partial charge in [-0.1, -0.05) is 94.0 Å². The van der Waals surface area contributed by atoms with Gasteiger partial charge in [-0.2, -0.15) is 0 Å². The Bertz CT molecular complexity index is 849. The Balaban J connectivity index is 0.000000227. The summed E-state index contributed by atoms with van der Waals surface area (Å²) in [5, 5.41) is 23.1. The molecule has 4 nitrogen and oxygen atoms in total. The maximum atomic E-state index is 11.5. The fourth-order valence-electron chi connectivity index (χ4n) is 4.07. The molecular weight excluding hydrogens is 591 g/mol. The van der Waals surface area contributed by atoms with Crippen molar-refractivity contribution in [3.63, 3.8) is 0 Å². The fourth-order valence-corrected chi connectivity index (χ4v) is 4.83. The molecule has 0 saturated heterocycles. The molecule has 0 heterocycles. The van der Waals surface area contributed by atoms with Gasteiger partial charge >= 0.3 is 16.5 Å². The first kappa shape index (κ1) is 28.1. The van der Waals surface area contributed by atoms with Crippen LogP contribution in [0, 0.1) is 0 Å². The molecule has 180 valence electrons. The van der Waals surface area contributed by atoms with Gasteiger partial charge in [0.25, 0.3) is 0 Å². The third-order valence-electron chi connectivity index (χ3n) is 5.94. The third-order valence-corrected chi connectivity index (χ3v) is 6.93. The summed E-state index contributed by atoms with van der Waals surface area (Å²) in [6.07, 6.45) is 15.9. The number of benzene rings is 2. The minimum absolute atomic E-state index is 0. The van der Waals surface area contributed by atoms with Crippen LogP contribution in [0.25, 0.3) is 0 Å². The SMILES string of the molecule is [Ni+2].[O-]c1ccc(Br)cc1C=NC1CCCCC1.[O-]c1ccc(Br)cc1C=NC1CCCCC1. The van der Waals surface area contributed by atoms with Gasteiger partial charge in [0.15, 0.2) is 0 Å². The molecule has 33 heavy (non-hydrogen) atoms. The largest absolute Gasteiger partial charge is 2.00 e. The molecule has 0 aliphatic heterocycles. The third kappa shape index (κ3) is 9.92. The van der Waals surface area contributed by atoms with Crippen molar-refractivity contribution in [2.75, 3.05) is 0 Å². The fraction of sp³-hybridized carbons (Fsp3) is 0.462. The van der Waals surface area contributed by atoms with Gasteiger partial charge in [0.1, 0.15) is 0 Å². The van der Waals surface area contributed by atoms with Gasteiger partial charge in [-0.05, 0) is 61.1 Å². The minimum Gasteiger partial charge on any atom is -0.872 e. The van der Waals surface area contributed by atoms with Crippen LogP contribution < -0.4 is 10.2 Å². The number of nitrogens with zero attached hydrogens (tertiary/aromatic N) is 2. The first-order valence-electron chi connectivity index (χ1n) is 11.5. The van der Waals surface area contributed by atoms with Gasteiger partial charge in [0.2, 0.25) is 0 Å². The number of halogens is 2. The number of hydrogen-bond donors (Lipinski definition) is 0. The van der Waals surface area contributed by atoms with Crippen LogP contribution in [-0.4, -0.2) is 24.5 Å². The number of hydrogen-bond acceptors (Lipinski definition) is 4. The average molecular weight is 621 g/mol. The standard InChI is InChI=1S/2C13H16BrNO.Ni/c2*14-11-6-7-13(16)10(8-11)9-15-12-4-2-1-3-5-12;/h2*6-9,12,16H,1-5H2;/q;;+2/p-2. The molecule has 2 saturated carbocycles. The van der Waals surface area contributed by atoms with E-state index in [1.54, 1.807) is 36.7 Å². The number of aliphatic imine (C=N–C) groups is 2. The molecule has 0 unspecified atom stereocenters. The molecule has 2 aliphatic carbocycles. The van der Waals surface area contributed by atoms with Crippen molar-refractivity contribution in [1.82, 2.24) is 0 Å². The topological polar surface area (TPSA) is 70.8 Å². The molecule has 2 aromatic carbocycles. The van der Waals surface area contributed by atoms with Gasteiger partial charge < -0.3 is 10.2 Å². The van der Waals surface area contributed by atoms with E-state index in [4.69, 9.17) is 0 Å². The molecule has 0 amide bonds.